The molecule has 0 heterocycles. The third kappa shape index (κ3) is 6.47. The van der Waals surface area contributed by atoms with E-state index in [0.29, 0.717) is 16.7 Å². The van der Waals surface area contributed by atoms with Crippen LogP contribution in [0.4, 0.5) is 5.69 Å². The average molecular weight is 428 g/mol. The lowest BCUT2D eigenvalue weighted by Gasteiger charge is -2.23. The highest BCUT2D eigenvalue weighted by Crippen LogP contribution is 2.34. The highest BCUT2D eigenvalue weighted by molar-refractivity contribution is 5.91. The molecule has 5 nitrogen and oxygen atoms in total. The molecule has 0 aromatic heterocycles. The Morgan fingerprint density at radius 1 is 1.00 bits per heavy atom. The summed E-state index contributed by atoms with van der Waals surface area (Å²) in [4.78, 5) is 15.0. The van der Waals surface area contributed by atoms with Crippen molar-refractivity contribution in [3.8, 4) is 5.75 Å². The fourth-order valence-electron chi connectivity index (χ4n) is 3.82. The van der Waals surface area contributed by atoms with Crippen LogP contribution in [-0.4, -0.2) is 35.4 Å². The van der Waals surface area contributed by atoms with Crippen molar-refractivity contribution in [2.75, 3.05) is 18.0 Å². The number of carbonyl (C=O) groups is 1. The molecule has 2 rings (SSSR count). The largest absolute Gasteiger partial charge is 0.507 e. The van der Waals surface area contributed by atoms with E-state index in [0.717, 1.165) is 50.9 Å². The third-order valence-electron chi connectivity index (χ3n) is 5.77. The van der Waals surface area contributed by atoms with Gasteiger partial charge in [-0.2, -0.15) is 0 Å². The van der Waals surface area contributed by atoms with Crippen LogP contribution in [0.2, 0.25) is 0 Å². The van der Waals surface area contributed by atoms with Crippen molar-refractivity contribution < 1.29 is 19.7 Å². The van der Waals surface area contributed by atoms with Gasteiger partial charge in [-0.1, -0.05) is 51.0 Å². The molecule has 2 N–H and O–H groups in total. The van der Waals surface area contributed by atoms with Gasteiger partial charge < -0.3 is 19.8 Å². The number of anilines is 1. The summed E-state index contributed by atoms with van der Waals surface area (Å²) in [5, 5.41) is 21.6. The summed E-state index contributed by atoms with van der Waals surface area (Å²) >= 11 is 0. The van der Waals surface area contributed by atoms with E-state index in [2.05, 4.69) is 25.7 Å². The van der Waals surface area contributed by atoms with Crippen LogP contribution in [0, 0.1) is 0 Å². The predicted molar refractivity (Wildman–Crippen MR) is 126 cm³/mol. The minimum atomic E-state index is -1.13. The van der Waals surface area contributed by atoms with E-state index in [1.807, 2.05) is 13.0 Å². The Kier molecular flexibility index (Phi) is 9.86. The molecule has 0 aliphatic heterocycles. The number of benzene rings is 2. The molecule has 0 radical (unpaired) electrons. The number of carbonyl (C=O) groups excluding carboxylic acids is 1. The van der Waals surface area contributed by atoms with E-state index in [4.69, 9.17) is 4.74 Å². The van der Waals surface area contributed by atoms with Gasteiger partial charge in [0.15, 0.2) is 0 Å². The number of hydrogen-bond acceptors (Lipinski definition) is 5. The predicted octanol–water partition coefficient (Wildman–Crippen LogP) is 5.84. The van der Waals surface area contributed by atoms with E-state index < -0.39 is 12.1 Å². The first-order chi connectivity index (χ1) is 15.0. The normalized spacial score (nSPS) is 12.9. The number of aliphatic hydroxyl groups is 1. The van der Waals surface area contributed by atoms with Crippen LogP contribution in [0.5, 0.6) is 5.75 Å². The maximum absolute atomic E-state index is 12.9. The van der Waals surface area contributed by atoms with Crippen LogP contribution in [-0.2, 0) is 4.74 Å². The van der Waals surface area contributed by atoms with Crippen molar-refractivity contribution >= 4 is 11.7 Å². The number of aliphatic hydroxyl groups excluding tert-OH is 1. The van der Waals surface area contributed by atoms with Crippen molar-refractivity contribution in [2.24, 2.45) is 0 Å². The van der Waals surface area contributed by atoms with E-state index in [1.165, 1.54) is 0 Å². The van der Waals surface area contributed by atoms with Gasteiger partial charge in [0.2, 0.25) is 0 Å². The van der Waals surface area contributed by atoms with Crippen LogP contribution in [0.15, 0.2) is 42.5 Å². The zero-order chi connectivity index (χ0) is 22.8. The zero-order valence-corrected chi connectivity index (χ0v) is 19.3. The van der Waals surface area contributed by atoms with Crippen molar-refractivity contribution in [1.82, 2.24) is 0 Å². The summed E-state index contributed by atoms with van der Waals surface area (Å²) in [6.45, 7) is 9.91. The molecule has 0 aliphatic rings. The van der Waals surface area contributed by atoms with Gasteiger partial charge in [0.25, 0.3) is 0 Å². The van der Waals surface area contributed by atoms with E-state index in [1.54, 1.807) is 36.4 Å². The quantitative estimate of drug-likeness (QED) is 0.329. The number of esters is 1. The second-order valence-corrected chi connectivity index (χ2v) is 7.84. The fourth-order valence-corrected chi connectivity index (χ4v) is 3.82. The number of unbranched alkanes of at least 4 members (excludes halogenated alkanes) is 2. The molecule has 0 saturated carbocycles. The zero-order valence-electron chi connectivity index (χ0n) is 19.3. The number of phenols is 1. The molecule has 31 heavy (non-hydrogen) atoms. The molecule has 0 bridgehead atoms. The number of hydrogen-bond donors (Lipinski definition) is 2. The monoisotopic (exact) mass is 427 g/mol. The second kappa shape index (κ2) is 12.4. The van der Waals surface area contributed by atoms with Gasteiger partial charge in [-0.25, -0.2) is 4.79 Å². The summed E-state index contributed by atoms with van der Waals surface area (Å²) < 4.78 is 5.75. The Labute approximate surface area is 186 Å². The summed E-state index contributed by atoms with van der Waals surface area (Å²) in [6, 6.07) is 12.2. The van der Waals surface area contributed by atoms with Gasteiger partial charge in [-0.15, -0.1) is 0 Å². The molecule has 0 amide bonds. The topological polar surface area (TPSA) is 70.0 Å². The lowest BCUT2D eigenvalue weighted by Crippen LogP contribution is -2.21. The smallest absolute Gasteiger partial charge is 0.338 e. The minimum Gasteiger partial charge on any atom is -0.507 e. The molecule has 0 spiro atoms. The van der Waals surface area contributed by atoms with Crippen LogP contribution >= 0.6 is 0 Å². The maximum Gasteiger partial charge on any atom is 0.338 e. The Bertz CT molecular complexity index is 832. The number of nitrogens with zero attached hydrogens (tertiary/aromatic N) is 1. The Hall–Kier alpha value is -2.53. The SMILES string of the molecule is CCCCCC(CC)OC(=O)c1ccccc1C(O)c1ccc(N(CC)CC)cc1O. The molecule has 5 heteroatoms. The van der Waals surface area contributed by atoms with Crippen LogP contribution in [0.3, 0.4) is 0 Å². The van der Waals surface area contributed by atoms with Crippen LogP contribution in [0.25, 0.3) is 0 Å². The molecule has 2 aromatic carbocycles. The highest BCUT2D eigenvalue weighted by atomic mass is 16.5. The van der Waals surface area contributed by atoms with Crippen molar-refractivity contribution in [2.45, 2.75) is 72.0 Å². The molecular formula is C26H37NO4. The standard InChI is InChI=1S/C26H37NO4/c1-5-9-10-13-20(6-2)31-26(30)22-15-12-11-14-21(22)25(29)23-17-16-19(18-24(23)28)27(7-3)8-4/h11-12,14-18,20,25,28-29H,5-10,13H2,1-4H3. The molecule has 2 unspecified atom stereocenters. The van der Waals surface area contributed by atoms with Crippen LogP contribution in [0.1, 0.15) is 87.4 Å². The average Bonchev–Trinajstić information content (AvgIpc) is 2.79. The Morgan fingerprint density at radius 3 is 2.32 bits per heavy atom. The molecule has 0 fully saturated rings. The minimum absolute atomic E-state index is 0.00562. The number of ether oxygens (including phenoxy) is 1. The Morgan fingerprint density at radius 2 is 1.71 bits per heavy atom. The molecular weight excluding hydrogens is 390 g/mol. The highest BCUT2D eigenvalue weighted by Gasteiger charge is 2.24. The van der Waals surface area contributed by atoms with Crippen molar-refractivity contribution in [3.63, 3.8) is 0 Å². The fraction of sp³-hybridized carbons (Fsp3) is 0.500. The van der Waals surface area contributed by atoms with E-state index >= 15 is 0 Å². The summed E-state index contributed by atoms with van der Waals surface area (Å²) in [5.41, 5.74) is 2.02. The van der Waals surface area contributed by atoms with E-state index in [-0.39, 0.29) is 11.9 Å². The van der Waals surface area contributed by atoms with Crippen molar-refractivity contribution in [1.29, 1.82) is 0 Å². The third-order valence-corrected chi connectivity index (χ3v) is 5.77. The van der Waals surface area contributed by atoms with Crippen molar-refractivity contribution in [3.05, 3.63) is 59.2 Å². The maximum atomic E-state index is 12.9. The number of rotatable bonds is 12. The van der Waals surface area contributed by atoms with E-state index in [9.17, 15) is 15.0 Å². The van der Waals surface area contributed by atoms with Gasteiger partial charge in [0, 0.05) is 30.4 Å². The number of aromatic hydroxyl groups is 1. The molecule has 2 atom stereocenters. The second-order valence-electron chi connectivity index (χ2n) is 7.84. The van der Waals surface area contributed by atoms with Gasteiger partial charge in [-0.05, 0) is 50.8 Å². The lowest BCUT2D eigenvalue weighted by molar-refractivity contribution is 0.0262. The van der Waals surface area contributed by atoms with Gasteiger partial charge >= 0.3 is 5.97 Å². The first-order valence-electron chi connectivity index (χ1n) is 11.5. The summed E-state index contributed by atoms with van der Waals surface area (Å²) in [5.74, 6) is -0.427. The molecule has 0 saturated heterocycles. The first-order valence-corrected chi connectivity index (χ1v) is 11.5. The summed E-state index contributed by atoms with van der Waals surface area (Å²) in [7, 11) is 0. The van der Waals surface area contributed by atoms with Gasteiger partial charge in [0.1, 0.15) is 18.0 Å². The molecule has 170 valence electrons. The van der Waals surface area contributed by atoms with Crippen LogP contribution < -0.4 is 4.90 Å². The molecule has 2 aromatic rings. The molecule has 0 aliphatic carbocycles. The van der Waals surface area contributed by atoms with Gasteiger partial charge in [0.05, 0.1) is 5.56 Å². The first kappa shape index (κ1) is 24.7. The summed E-state index contributed by atoms with van der Waals surface area (Å²) in [6.07, 6.45) is 3.60. The lowest BCUT2D eigenvalue weighted by atomic mass is 9.95. The number of phenolic OH excluding ortho intramolecular Hbond substituents is 1. The Balaban J connectivity index is 2.25. The van der Waals surface area contributed by atoms with Gasteiger partial charge in [-0.3, -0.25) is 0 Å².